The molecule has 2 nitrogen and oxygen atoms in total. The van der Waals surface area contributed by atoms with Gasteiger partial charge in [0.15, 0.2) is 6.10 Å². The van der Waals surface area contributed by atoms with Gasteiger partial charge in [0.05, 0.1) is 0 Å². The molecule has 1 aromatic rings. The second-order valence-corrected chi connectivity index (χ2v) is 5.06. The number of alkyl halides is 3. The number of furan rings is 1. The van der Waals surface area contributed by atoms with Crippen LogP contribution >= 0.6 is 15.9 Å². The second-order valence-electron chi connectivity index (χ2n) is 4.00. The Hall–Kier alpha value is -0.420. The summed E-state index contributed by atoms with van der Waals surface area (Å²) in [6.45, 7) is 2.07. The lowest BCUT2D eigenvalue weighted by Crippen LogP contribution is -2.17. The minimum Gasteiger partial charge on any atom is -0.463 e. The van der Waals surface area contributed by atoms with Crippen molar-refractivity contribution in [1.82, 2.24) is 0 Å². The fraction of sp³-hybridized carbons (Fsp3) is 0.600. The maximum Gasteiger partial charge on any atom is 0.333 e. The van der Waals surface area contributed by atoms with E-state index in [9.17, 15) is 13.9 Å². The quantitative estimate of drug-likeness (QED) is 0.861. The molecular weight excluding hydrogens is 270 g/mol. The fourth-order valence-corrected chi connectivity index (χ4v) is 1.82. The van der Waals surface area contributed by atoms with Crippen LogP contribution in [0, 0.1) is 5.92 Å². The molecule has 3 unspecified atom stereocenters. The van der Waals surface area contributed by atoms with Crippen LogP contribution in [0.1, 0.15) is 36.9 Å². The van der Waals surface area contributed by atoms with Crippen LogP contribution < -0.4 is 0 Å². The summed E-state index contributed by atoms with van der Waals surface area (Å²) < 4.78 is 30.6. The zero-order valence-electron chi connectivity index (χ0n) is 8.08. The van der Waals surface area contributed by atoms with Crippen molar-refractivity contribution < 1.29 is 18.3 Å². The summed E-state index contributed by atoms with van der Waals surface area (Å²) in [7, 11) is 0. The molecule has 0 amide bonds. The Labute approximate surface area is 94.4 Å². The highest BCUT2D eigenvalue weighted by atomic mass is 79.9. The van der Waals surface area contributed by atoms with E-state index < -0.39 is 10.9 Å². The SMILES string of the molecule is CC1CC1c1ccc(C(O)C(F)(F)Br)o1. The van der Waals surface area contributed by atoms with Gasteiger partial charge in [-0.25, -0.2) is 0 Å². The first-order valence-corrected chi connectivity index (χ1v) is 5.53. The predicted octanol–water partition coefficient (Wildman–Crippen LogP) is 3.42. The summed E-state index contributed by atoms with van der Waals surface area (Å²) >= 11 is 2.11. The molecule has 1 N–H and O–H groups in total. The van der Waals surface area contributed by atoms with Crippen LogP contribution in [-0.2, 0) is 0 Å². The first-order chi connectivity index (χ1) is 6.89. The van der Waals surface area contributed by atoms with Crippen LogP contribution in [0.25, 0.3) is 0 Å². The van der Waals surface area contributed by atoms with E-state index in [-0.39, 0.29) is 5.76 Å². The van der Waals surface area contributed by atoms with Gasteiger partial charge < -0.3 is 9.52 Å². The molecule has 2 rings (SSSR count). The van der Waals surface area contributed by atoms with E-state index in [1.54, 1.807) is 6.07 Å². The van der Waals surface area contributed by atoms with E-state index in [0.29, 0.717) is 17.6 Å². The molecular formula is C10H11BrF2O2. The molecule has 1 aliphatic rings. The zero-order chi connectivity index (χ0) is 11.2. The van der Waals surface area contributed by atoms with Crippen molar-refractivity contribution in [2.24, 2.45) is 5.92 Å². The molecule has 0 radical (unpaired) electrons. The van der Waals surface area contributed by atoms with E-state index in [4.69, 9.17) is 4.42 Å². The van der Waals surface area contributed by atoms with Gasteiger partial charge in [0, 0.05) is 5.92 Å². The topological polar surface area (TPSA) is 33.4 Å². The summed E-state index contributed by atoms with van der Waals surface area (Å²) in [6.07, 6.45) is -0.909. The Kier molecular flexibility index (Phi) is 2.63. The third kappa shape index (κ3) is 2.23. The van der Waals surface area contributed by atoms with Crippen LogP contribution in [0.2, 0.25) is 0 Å². The number of rotatable bonds is 3. The molecule has 0 aromatic carbocycles. The molecule has 0 saturated heterocycles. The van der Waals surface area contributed by atoms with Gasteiger partial charge in [0.25, 0.3) is 0 Å². The van der Waals surface area contributed by atoms with Crippen LogP contribution in [0.5, 0.6) is 0 Å². The Morgan fingerprint density at radius 1 is 1.60 bits per heavy atom. The van der Waals surface area contributed by atoms with Crippen molar-refractivity contribution in [3.05, 3.63) is 23.7 Å². The van der Waals surface area contributed by atoms with Crippen molar-refractivity contribution >= 4 is 15.9 Å². The summed E-state index contributed by atoms with van der Waals surface area (Å²) in [5, 5.41) is 9.25. The number of aliphatic hydroxyl groups excluding tert-OH is 1. The molecule has 84 valence electrons. The Morgan fingerprint density at radius 2 is 2.20 bits per heavy atom. The van der Waals surface area contributed by atoms with Gasteiger partial charge in [-0.05, 0) is 40.4 Å². The summed E-state index contributed by atoms with van der Waals surface area (Å²) in [5.41, 5.74) is 0. The van der Waals surface area contributed by atoms with E-state index in [0.717, 1.165) is 6.42 Å². The normalized spacial score (nSPS) is 27.8. The molecule has 5 heteroatoms. The van der Waals surface area contributed by atoms with Gasteiger partial charge in [-0.2, -0.15) is 8.78 Å². The van der Waals surface area contributed by atoms with Crippen LogP contribution in [0.4, 0.5) is 8.78 Å². The van der Waals surface area contributed by atoms with Crippen LogP contribution in [0.15, 0.2) is 16.5 Å². The lowest BCUT2D eigenvalue weighted by molar-refractivity contribution is -0.0406. The molecule has 15 heavy (non-hydrogen) atoms. The van der Waals surface area contributed by atoms with E-state index in [1.807, 2.05) is 0 Å². The highest BCUT2D eigenvalue weighted by Crippen LogP contribution is 2.48. The van der Waals surface area contributed by atoms with Gasteiger partial charge >= 0.3 is 4.83 Å². The second kappa shape index (κ2) is 3.56. The maximum atomic E-state index is 12.7. The van der Waals surface area contributed by atoms with Crippen molar-refractivity contribution in [1.29, 1.82) is 0 Å². The Bertz CT molecular complexity index is 359. The first-order valence-electron chi connectivity index (χ1n) is 4.74. The molecule has 0 spiro atoms. The smallest absolute Gasteiger partial charge is 0.333 e. The van der Waals surface area contributed by atoms with Crippen molar-refractivity contribution in [2.75, 3.05) is 0 Å². The average Bonchev–Trinajstić information content (AvgIpc) is 2.67. The molecule has 1 fully saturated rings. The van der Waals surface area contributed by atoms with E-state index in [1.165, 1.54) is 6.07 Å². The first kappa shape index (κ1) is 11.1. The van der Waals surface area contributed by atoms with Gasteiger partial charge in [0.2, 0.25) is 0 Å². The predicted molar refractivity (Wildman–Crippen MR) is 54.1 cm³/mol. The van der Waals surface area contributed by atoms with Gasteiger partial charge in [0.1, 0.15) is 11.5 Å². The third-order valence-electron chi connectivity index (χ3n) is 2.70. The molecule has 1 aliphatic carbocycles. The Balaban J connectivity index is 2.13. The maximum absolute atomic E-state index is 12.7. The summed E-state index contributed by atoms with van der Waals surface area (Å²) in [4.78, 5) is -3.35. The summed E-state index contributed by atoms with van der Waals surface area (Å²) in [5.74, 6) is 1.47. The summed E-state index contributed by atoms with van der Waals surface area (Å²) in [6, 6.07) is 3.06. The molecule has 1 heterocycles. The van der Waals surface area contributed by atoms with Crippen LogP contribution in [-0.4, -0.2) is 9.94 Å². The van der Waals surface area contributed by atoms with E-state index in [2.05, 4.69) is 22.9 Å². The lowest BCUT2D eigenvalue weighted by atomic mass is 10.2. The molecule has 1 aromatic heterocycles. The Morgan fingerprint density at radius 3 is 2.67 bits per heavy atom. The van der Waals surface area contributed by atoms with Crippen molar-refractivity contribution in [3.63, 3.8) is 0 Å². The number of hydrogen-bond donors (Lipinski definition) is 1. The zero-order valence-corrected chi connectivity index (χ0v) is 9.67. The fourth-order valence-electron chi connectivity index (χ4n) is 1.59. The third-order valence-corrected chi connectivity index (χ3v) is 3.14. The number of halogens is 3. The monoisotopic (exact) mass is 280 g/mol. The van der Waals surface area contributed by atoms with E-state index >= 15 is 0 Å². The standard InChI is InChI=1S/C10H11BrF2O2/c1-5-4-6(5)7-2-3-8(15-7)9(14)10(11,12)13/h2-3,5-6,9,14H,4H2,1H3. The van der Waals surface area contributed by atoms with Gasteiger partial charge in [-0.15, -0.1) is 0 Å². The molecule has 1 saturated carbocycles. The largest absolute Gasteiger partial charge is 0.463 e. The van der Waals surface area contributed by atoms with Crippen molar-refractivity contribution in [2.45, 2.75) is 30.2 Å². The number of aliphatic hydroxyl groups is 1. The van der Waals surface area contributed by atoms with Gasteiger partial charge in [-0.3, -0.25) is 0 Å². The molecule has 0 aliphatic heterocycles. The van der Waals surface area contributed by atoms with Crippen LogP contribution in [0.3, 0.4) is 0 Å². The van der Waals surface area contributed by atoms with Crippen molar-refractivity contribution in [3.8, 4) is 0 Å². The molecule has 0 bridgehead atoms. The molecule has 3 atom stereocenters. The number of hydrogen-bond acceptors (Lipinski definition) is 2. The highest BCUT2D eigenvalue weighted by molar-refractivity contribution is 9.10. The lowest BCUT2D eigenvalue weighted by Gasteiger charge is -2.13. The average molecular weight is 281 g/mol. The van der Waals surface area contributed by atoms with Gasteiger partial charge in [-0.1, -0.05) is 6.92 Å². The minimum absolute atomic E-state index is 0.0917. The minimum atomic E-state index is -3.35. The highest BCUT2D eigenvalue weighted by Gasteiger charge is 2.41.